The second kappa shape index (κ2) is 10.7. The number of rotatable bonds is 10. The highest BCUT2D eigenvalue weighted by Gasteiger charge is 2.28. The first-order valence-electron chi connectivity index (χ1n) is 10.1. The van der Waals surface area contributed by atoms with Gasteiger partial charge < -0.3 is 15.8 Å². The monoisotopic (exact) mass is 461 g/mol. The van der Waals surface area contributed by atoms with Crippen LogP contribution in [0.25, 0.3) is 5.69 Å². The van der Waals surface area contributed by atoms with Crippen molar-refractivity contribution in [1.82, 2.24) is 20.3 Å². The van der Waals surface area contributed by atoms with Crippen molar-refractivity contribution in [2.45, 2.75) is 25.6 Å². The average Bonchev–Trinajstić information content (AvgIpc) is 3.22. The Bertz CT molecular complexity index is 1080. The zero-order valence-electron chi connectivity index (χ0n) is 17.5. The number of amides is 2. The topological polar surface area (TPSA) is 112 Å². The lowest BCUT2D eigenvalue weighted by Crippen LogP contribution is -2.33. The lowest BCUT2D eigenvalue weighted by atomic mass is 10.1. The summed E-state index contributed by atoms with van der Waals surface area (Å²) >= 11 is 0. The number of halogens is 3. The molecule has 0 saturated heterocycles. The Kier molecular flexibility index (Phi) is 7.78. The van der Waals surface area contributed by atoms with E-state index in [2.05, 4.69) is 10.3 Å². The number of alkyl halides is 3. The van der Waals surface area contributed by atoms with Gasteiger partial charge in [0.2, 0.25) is 0 Å². The molecule has 0 spiro atoms. The fourth-order valence-electron chi connectivity index (χ4n) is 3.07. The highest BCUT2D eigenvalue weighted by molar-refractivity contribution is 5.94. The molecule has 3 aromatic rings. The van der Waals surface area contributed by atoms with Crippen LogP contribution in [0.2, 0.25) is 0 Å². The van der Waals surface area contributed by atoms with Crippen LogP contribution < -0.4 is 11.1 Å². The van der Waals surface area contributed by atoms with Crippen LogP contribution in [0.15, 0.2) is 54.6 Å². The average molecular weight is 461 g/mol. The fraction of sp³-hybridized carbons (Fsp3) is 0.273. The number of hydrogen-bond donors (Lipinski definition) is 2. The Labute approximate surface area is 187 Å². The molecular weight excluding hydrogens is 439 g/mol. The SMILES string of the molecule is NC(=O)c1nnn(-c2ccc(C(=O)NCC(F)(F)F)cc2)c1CCCOCc1ccccc1. The molecular formula is C22H22F3N5O3. The number of hydrogen-bond acceptors (Lipinski definition) is 5. The lowest BCUT2D eigenvalue weighted by molar-refractivity contribution is -0.123. The van der Waals surface area contributed by atoms with Crippen LogP contribution >= 0.6 is 0 Å². The van der Waals surface area contributed by atoms with E-state index >= 15 is 0 Å². The molecule has 0 unspecified atom stereocenters. The van der Waals surface area contributed by atoms with E-state index in [1.165, 1.54) is 28.9 Å². The molecule has 1 heterocycles. The number of carbonyl (C=O) groups excluding carboxylic acids is 2. The third-order valence-electron chi connectivity index (χ3n) is 4.63. The maximum Gasteiger partial charge on any atom is 0.405 e. The van der Waals surface area contributed by atoms with Crippen LogP contribution in [0.1, 0.15) is 38.5 Å². The zero-order valence-corrected chi connectivity index (χ0v) is 17.5. The number of carbonyl (C=O) groups is 2. The first-order chi connectivity index (χ1) is 15.7. The van der Waals surface area contributed by atoms with Gasteiger partial charge in [-0.2, -0.15) is 13.2 Å². The summed E-state index contributed by atoms with van der Waals surface area (Å²) in [6.45, 7) is -0.537. The van der Waals surface area contributed by atoms with Gasteiger partial charge in [-0.25, -0.2) is 4.68 Å². The number of aromatic nitrogens is 3. The van der Waals surface area contributed by atoms with Gasteiger partial charge >= 0.3 is 6.18 Å². The van der Waals surface area contributed by atoms with E-state index in [-0.39, 0.29) is 11.3 Å². The van der Waals surface area contributed by atoms with E-state index < -0.39 is 24.5 Å². The Balaban J connectivity index is 1.65. The molecule has 2 aromatic carbocycles. The van der Waals surface area contributed by atoms with Gasteiger partial charge in [0.05, 0.1) is 18.0 Å². The molecule has 0 radical (unpaired) electrons. The van der Waals surface area contributed by atoms with Gasteiger partial charge in [-0.1, -0.05) is 35.5 Å². The van der Waals surface area contributed by atoms with E-state index in [0.717, 1.165) is 5.56 Å². The van der Waals surface area contributed by atoms with Crippen molar-refractivity contribution in [3.63, 3.8) is 0 Å². The predicted molar refractivity (Wildman–Crippen MR) is 113 cm³/mol. The van der Waals surface area contributed by atoms with Crippen LogP contribution in [0.5, 0.6) is 0 Å². The van der Waals surface area contributed by atoms with Crippen molar-refractivity contribution in [3.05, 3.63) is 77.1 Å². The maximum atomic E-state index is 12.3. The number of primary amides is 1. The highest BCUT2D eigenvalue weighted by atomic mass is 19.4. The molecule has 1 aromatic heterocycles. The second-order valence-electron chi connectivity index (χ2n) is 7.15. The van der Waals surface area contributed by atoms with Crippen LogP contribution in [0, 0.1) is 0 Å². The minimum absolute atomic E-state index is 0.0186. The van der Waals surface area contributed by atoms with E-state index in [9.17, 15) is 22.8 Å². The van der Waals surface area contributed by atoms with Crippen LogP contribution in [0.3, 0.4) is 0 Å². The van der Waals surface area contributed by atoms with E-state index in [1.807, 2.05) is 30.3 Å². The molecule has 33 heavy (non-hydrogen) atoms. The Morgan fingerprint density at radius 2 is 1.76 bits per heavy atom. The summed E-state index contributed by atoms with van der Waals surface area (Å²) in [5, 5.41) is 9.63. The van der Waals surface area contributed by atoms with Gasteiger partial charge in [-0.3, -0.25) is 9.59 Å². The predicted octanol–water partition coefficient (Wildman–Crippen LogP) is 2.81. The molecule has 0 fully saturated rings. The van der Waals surface area contributed by atoms with Gasteiger partial charge in [-0.15, -0.1) is 5.10 Å². The number of nitrogens with zero attached hydrogens (tertiary/aromatic N) is 3. The van der Waals surface area contributed by atoms with Crippen molar-refractivity contribution in [2.24, 2.45) is 5.73 Å². The largest absolute Gasteiger partial charge is 0.405 e. The summed E-state index contributed by atoms with van der Waals surface area (Å²) < 4.78 is 43.9. The molecule has 174 valence electrons. The molecule has 3 rings (SSSR count). The van der Waals surface area contributed by atoms with E-state index in [0.29, 0.717) is 37.4 Å². The zero-order chi connectivity index (χ0) is 23.8. The Morgan fingerprint density at radius 1 is 1.06 bits per heavy atom. The third-order valence-corrected chi connectivity index (χ3v) is 4.63. The molecule has 11 heteroatoms. The standard InChI is InChI=1S/C22H22F3N5O3/c23-22(24,25)14-27-21(32)16-8-10-17(11-9-16)30-18(19(20(26)31)28-29-30)7-4-12-33-13-15-5-2-1-3-6-15/h1-3,5-6,8-11H,4,7,12-14H2,(H2,26,31)(H,27,32). The highest BCUT2D eigenvalue weighted by Crippen LogP contribution is 2.17. The van der Waals surface area contributed by atoms with Gasteiger partial charge in [0.25, 0.3) is 11.8 Å². The van der Waals surface area contributed by atoms with Crippen molar-refractivity contribution >= 4 is 11.8 Å². The summed E-state index contributed by atoms with van der Waals surface area (Å²) in [6.07, 6.45) is -3.53. The summed E-state index contributed by atoms with van der Waals surface area (Å²) in [5.74, 6) is -1.59. The van der Waals surface area contributed by atoms with Crippen molar-refractivity contribution in [3.8, 4) is 5.69 Å². The van der Waals surface area contributed by atoms with Crippen LogP contribution in [-0.2, 0) is 17.8 Å². The normalized spacial score (nSPS) is 11.4. The Hall–Kier alpha value is -3.73. The lowest BCUT2D eigenvalue weighted by Gasteiger charge is -2.10. The second-order valence-corrected chi connectivity index (χ2v) is 7.15. The number of nitrogens with one attached hydrogen (secondary N) is 1. The molecule has 0 bridgehead atoms. The number of nitrogens with two attached hydrogens (primary N) is 1. The minimum atomic E-state index is -4.50. The first-order valence-corrected chi connectivity index (χ1v) is 10.1. The molecule has 2 amide bonds. The first kappa shape index (κ1) is 23.9. The summed E-state index contributed by atoms with van der Waals surface area (Å²) in [4.78, 5) is 23.7. The van der Waals surface area contributed by atoms with E-state index in [1.54, 1.807) is 5.32 Å². The van der Waals surface area contributed by atoms with E-state index in [4.69, 9.17) is 10.5 Å². The molecule has 0 aliphatic heterocycles. The molecule has 0 atom stereocenters. The summed E-state index contributed by atoms with van der Waals surface area (Å²) in [7, 11) is 0. The molecule has 0 aliphatic carbocycles. The van der Waals surface area contributed by atoms with Gasteiger partial charge in [-0.05, 0) is 42.7 Å². The van der Waals surface area contributed by atoms with Gasteiger partial charge in [0, 0.05) is 12.2 Å². The third kappa shape index (κ3) is 6.88. The van der Waals surface area contributed by atoms with Crippen LogP contribution in [-0.4, -0.2) is 46.1 Å². The van der Waals surface area contributed by atoms with Gasteiger partial charge in [0.15, 0.2) is 5.69 Å². The summed E-state index contributed by atoms with van der Waals surface area (Å²) in [5.41, 5.74) is 7.47. The summed E-state index contributed by atoms with van der Waals surface area (Å²) in [6, 6.07) is 15.4. The molecule has 0 aliphatic rings. The van der Waals surface area contributed by atoms with Crippen LogP contribution in [0.4, 0.5) is 13.2 Å². The smallest absolute Gasteiger partial charge is 0.377 e. The Morgan fingerprint density at radius 3 is 2.39 bits per heavy atom. The number of ether oxygens (including phenoxy) is 1. The number of benzene rings is 2. The van der Waals surface area contributed by atoms with Crippen molar-refractivity contribution in [1.29, 1.82) is 0 Å². The molecule has 8 nitrogen and oxygen atoms in total. The van der Waals surface area contributed by atoms with Crippen molar-refractivity contribution in [2.75, 3.05) is 13.2 Å². The fourth-order valence-corrected chi connectivity index (χ4v) is 3.07. The molecule has 3 N–H and O–H groups in total. The maximum absolute atomic E-state index is 12.3. The quantitative estimate of drug-likeness (QED) is 0.451. The van der Waals surface area contributed by atoms with Gasteiger partial charge in [0.1, 0.15) is 6.54 Å². The van der Waals surface area contributed by atoms with Crippen molar-refractivity contribution < 1.29 is 27.5 Å². The molecule has 0 saturated carbocycles. The minimum Gasteiger partial charge on any atom is -0.377 e.